The Morgan fingerprint density at radius 1 is 1.24 bits per heavy atom. The van der Waals surface area contributed by atoms with E-state index >= 15 is 0 Å². The van der Waals surface area contributed by atoms with Crippen molar-refractivity contribution in [3.8, 4) is 0 Å². The predicted octanol–water partition coefficient (Wildman–Crippen LogP) is 1.77. The van der Waals surface area contributed by atoms with Gasteiger partial charge in [0.05, 0.1) is 19.1 Å². The third-order valence-electron chi connectivity index (χ3n) is 4.05. The summed E-state index contributed by atoms with van der Waals surface area (Å²) in [6.07, 6.45) is 0. The van der Waals surface area contributed by atoms with Crippen LogP contribution in [0.1, 0.15) is 5.56 Å². The zero-order valence-corrected chi connectivity index (χ0v) is 12.2. The Balaban J connectivity index is 1.73. The lowest BCUT2D eigenvalue weighted by molar-refractivity contribution is -0.135. The van der Waals surface area contributed by atoms with Gasteiger partial charge < -0.3 is 15.4 Å². The van der Waals surface area contributed by atoms with Crippen molar-refractivity contribution >= 4 is 16.7 Å². The number of nitrogens with zero attached hydrogens (tertiary/aromatic N) is 1. The standard InChI is InChI=1S/C17H20N2O2/c1-19(17(20)15-10-21-11-16(15)18)9-12-6-7-13-4-2-3-5-14(13)8-12/h2-8,15-16H,9-11,18H2,1H3. The second kappa shape index (κ2) is 5.84. The largest absolute Gasteiger partial charge is 0.379 e. The molecule has 1 amide bonds. The van der Waals surface area contributed by atoms with Crippen molar-refractivity contribution in [2.24, 2.45) is 11.7 Å². The molecule has 2 unspecified atom stereocenters. The van der Waals surface area contributed by atoms with Crippen molar-refractivity contribution in [2.75, 3.05) is 20.3 Å². The van der Waals surface area contributed by atoms with Gasteiger partial charge >= 0.3 is 0 Å². The molecule has 0 aliphatic carbocycles. The molecule has 0 spiro atoms. The molecule has 0 saturated carbocycles. The molecule has 3 rings (SSSR count). The Kier molecular flexibility index (Phi) is 3.90. The summed E-state index contributed by atoms with van der Waals surface area (Å²) in [5.74, 6) is -0.149. The minimum Gasteiger partial charge on any atom is -0.379 e. The second-order valence-electron chi connectivity index (χ2n) is 5.68. The number of benzene rings is 2. The fourth-order valence-corrected chi connectivity index (χ4v) is 2.80. The van der Waals surface area contributed by atoms with E-state index in [2.05, 4.69) is 30.3 Å². The van der Waals surface area contributed by atoms with Crippen LogP contribution in [0.25, 0.3) is 10.8 Å². The van der Waals surface area contributed by atoms with E-state index in [1.807, 2.05) is 19.2 Å². The van der Waals surface area contributed by atoms with Crippen LogP contribution in [0.5, 0.6) is 0 Å². The molecule has 2 N–H and O–H groups in total. The van der Waals surface area contributed by atoms with Gasteiger partial charge in [-0.2, -0.15) is 0 Å². The van der Waals surface area contributed by atoms with Crippen LogP contribution < -0.4 is 5.73 Å². The number of ether oxygens (including phenoxy) is 1. The molecule has 4 heteroatoms. The van der Waals surface area contributed by atoms with Gasteiger partial charge in [0.15, 0.2) is 0 Å². The van der Waals surface area contributed by atoms with Crippen molar-refractivity contribution in [3.63, 3.8) is 0 Å². The van der Waals surface area contributed by atoms with Crippen molar-refractivity contribution in [3.05, 3.63) is 48.0 Å². The summed E-state index contributed by atoms with van der Waals surface area (Å²) in [6, 6.07) is 14.3. The molecule has 0 radical (unpaired) electrons. The van der Waals surface area contributed by atoms with Crippen LogP contribution in [0.15, 0.2) is 42.5 Å². The van der Waals surface area contributed by atoms with Gasteiger partial charge in [0.2, 0.25) is 5.91 Å². The number of carbonyl (C=O) groups is 1. The van der Waals surface area contributed by atoms with Crippen molar-refractivity contribution in [2.45, 2.75) is 12.6 Å². The summed E-state index contributed by atoms with van der Waals surface area (Å²) in [5.41, 5.74) is 7.04. The predicted molar refractivity (Wildman–Crippen MR) is 82.7 cm³/mol. The van der Waals surface area contributed by atoms with Gasteiger partial charge in [-0.05, 0) is 22.4 Å². The van der Waals surface area contributed by atoms with Crippen molar-refractivity contribution < 1.29 is 9.53 Å². The van der Waals surface area contributed by atoms with Crippen LogP contribution in [-0.2, 0) is 16.1 Å². The van der Waals surface area contributed by atoms with E-state index in [4.69, 9.17) is 10.5 Å². The lowest BCUT2D eigenvalue weighted by atomic mass is 10.0. The topological polar surface area (TPSA) is 55.6 Å². The maximum atomic E-state index is 12.4. The van der Waals surface area contributed by atoms with E-state index in [9.17, 15) is 4.79 Å². The van der Waals surface area contributed by atoms with Gasteiger partial charge in [-0.3, -0.25) is 4.79 Å². The molecule has 110 valence electrons. The Morgan fingerprint density at radius 2 is 2.00 bits per heavy atom. The van der Waals surface area contributed by atoms with Crippen LogP contribution in [0, 0.1) is 5.92 Å². The zero-order valence-electron chi connectivity index (χ0n) is 12.2. The summed E-state index contributed by atoms with van der Waals surface area (Å²) in [7, 11) is 1.82. The molecule has 0 bridgehead atoms. The first-order chi connectivity index (χ1) is 10.1. The molecular weight excluding hydrogens is 264 g/mol. The molecule has 2 atom stereocenters. The molecule has 2 aromatic rings. The average Bonchev–Trinajstić information content (AvgIpc) is 2.92. The normalized spacial score (nSPS) is 21.6. The molecule has 0 aromatic heterocycles. The first-order valence-electron chi connectivity index (χ1n) is 7.21. The lowest BCUT2D eigenvalue weighted by Gasteiger charge is -2.22. The number of carbonyl (C=O) groups excluding carboxylic acids is 1. The maximum Gasteiger partial charge on any atom is 0.229 e. The van der Waals surface area contributed by atoms with E-state index in [1.165, 1.54) is 10.8 Å². The van der Waals surface area contributed by atoms with Crippen LogP contribution in [0.4, 0.5) is 0 Å². The third kappa shape index (κ3) is 2.91. The highest BCUT2D eigenvalue weighted by atomic mass is 16.5. The molecule has 1 saturated heterocycles. The molecule has 2 aromatic carbocycles. The minimum atomic E-state index is -0.213. The van der Waals surface area contributed by atoms with E-state index in [0.717, 1.165) is 5.56 Å². The highest BCUT2D eigenvalue weighted by molar-refractivity contribution is 5.83. The highest BCUT2D eigenvalue weighted by Gasteiger charge is 2.33. The van der Waals surface area contributed by atoms with E-state index < -0.39 is 0 Å². The second-order valence-corrected chi connectivity index (χ2v) is 5.68. The Morgan fingerprint density at radius 3 is 2.71 bits per heavy atom. The van der Waals surface area contributed by atoms with Gasteiger partial charge in [-0.25, -0.2) is 0 Å². The Bertz CT molecular complexity index is 656. The fraction of sp³-hybridized carbons (Fsp3) is 0.353. The van der Waals surface area contributed by atoms with Gasteiger partial charge in [0.25, 0.3) is 0 Å². The maximum absolute atomic E-state index is 12.4. The number of amides is 1. The zero-order chi connectivity index (χ0) is 14.8. The monoisotopic (exact) mass is 284 g/mol. The van der Waals surface area contributed by atoms with Crippen LogP contribution in [-0.4, -0.2) is 37.1 Å². The van der Waals surface area contributed by atoms with Crippen LogP contribution in [0.3, 0.4) is 0 Å². The molecule has 1 heterocycles. The summed E-state index contributed by atoms with van der Waals surface area (Å²) in [5, 5.41) is 2.40. The first-order valence-corrected chi connectivity index (χ1v) is 7.21. The summed E-state index contributed by atoms with van der Waals surface area (Å²) in [6.45, 7) is 1.50. The fourth-order valence-electron chi connectivity index (χ4n) is 2.80. The number of hydrogen-bond donors (Lipinski definition) is 1. The van der Waals surface area contributed by atoms with Crippen LogP contribution in [0.2, 0.25) is 0 Å². The van der Waals surface area contributed by atoms with Gasteiger partial charge in [0.1, 0.15) is 0 Å². The van der Waals surface area contributed by atoms with Gasteiger partial charge in [-0.15, -0.1) is 0 Å². The average molecular weight is 284 g/mol. The number of nitrogens with two attached hydrogens (primary N) is 1. The van der Waals surface area contributed by atoms with Crippen molar-refractivity contribution in [1.29, 1.82) is 0 Å². The summed E-state index contributed by atoms with van der Waals surface area (Å²) >= 11 is 0. The Hall–Kier alpha value is -1.91. The summed E-state index contributed by atoms with van der Waals surface area (Å²) in [4.78, 5) is 14.1. The highest BCUT2D eigenvalue weighted by Crippen LogP contribution is 2.19. The van der Waals surface area contributed by atoms with Crippen LogP contribution >= 0.6 is 0 Å². The quantitative estimate of drug-likeness (QED) is 0.934. The lowest BCUT2D eigenvalue weighted by Crippen LogP contribution is -2.41. The van der Waals surface area contributed by atoms with Gasteiger partial charge in [-0.1, -0.05) is 36.4 Å². The number of rotatable bonds is 3. The number of fused-ring (bicyclic) bond motifs is 1. The number of hydrogen-bond acceptors (Lipinski definition) is 3. The molecular formula is C17H20N2O2. The first kappa shape index (κ1) is 14.0. The van der Waals surface area contributed by atoms with Crippen molar-refractivity contribution in [1.82, 2.24) is 4.90 Å². The van der Waals surface area contributed by atoms with E-state index in [1.54, 1.807) is 4.90 Å². The van der Waals surface area contributed by atoms with E-state index in [-0.39, 0.29) is 17.9 Å². The van der Waals surface area contributed by atoms with Gasteiger partial charge in [0, 0.05) is 19.6 Å². The van der Waals surface area contributed by atoms with E-state index in [0.29, 0.717) is 19.8 Å². The summed E-state index contributed by atoms with van der Waals surface area (Å²) < 4.78 is 5.28. The molecule has 1 aliphatic rings. The molecule has 21 heavy (non-hydrogen) atoms. The SMILES string of the molecule is CN(Cc1ccc2ccccc2c1)C(=O)C1COCC1N. The third-order valence-corrected chi connectivity index (χ3v) is 4.05. The Labute approximate surface area is 124 Å². The molecule has 4 nitrogen and oxygen atoms in total. The molecule has 1 aliphatic heterocycles. The minimum absolute atomic E-state index is 0.0631. The smallest absolute Gasteiger partial charge is 0.229 e. The molecule has 1 fully saturated rings.